The predicted molar refractivity (Wildman–Crippen MR) is 62.6 cm³/mol. The van der Waals surface area contributed by atoms with E-state index in [4.69, 9.17) is 5.73 Å². The van der Waals surface area contributed by atoms with Gasteiger partial charge < -0.3 is 11.1 Å². The Hall–Kier alpha value is -0.570. The van der Waals surface area contributed by atoms with Gasteiger partial charge in [0, 0.05) is 12.6 Å². The van der Waals surface area contributed by atoms with Crippen LogP contribution in [0.1, 0.15) is 39.0 Å². The summed E-state index contributed by atoms with van der Waals surface area (Å²) in [6.45, 7) is 2.72. The van der Waals surface area contributed by atoms with Crippen molar-refractivity contribution in [2.24, 2.45) is 28.9 Å². The Bertz CT molecular complexity index is 301. The monoisotopic (exact) mass is 222 g/mol. The molecule has 4 aliphatic rings. The first-order valence-corrected chi connectivity index (χ1v) is 6.69. The molecule has 4 bridgehead atoms. The van der Waals surface area contributed by atoms with Crippen molar-refractivity contribution < 1.29 is 4.79 Å². The van der Waals surface area contributed by atoms with Gasteiger partial charge in [0.25, 0.3) is 0 Å². The minimum Gasteiger partial charge on any atom is -0.356 e. The van der Waals surface area contributed by atoms with E-state index in [-0.39, 0.29) is 17.4 Å². The summed E-state index contributed by atoms with van der Waals surface area (Å²) in [5.74, 6) is 2.41. The molecule has 0 aromatic carbocycles. The molecule has 1 amide bonds. The molecule has 4 saturated carbocycles. The van der Waals surface area contributed by atoms with E-state index in [1.54, 1.807) is 0 Å². The molecule has 0 aromatic heterocycles. The van der Waals surface area contributed by atoms with Crippen molar-refractivity contribution in [2.75, 3.05) is 6.54 Å². The van der Waals surface area contributed by atoms with E-state index in [9.17, 15) is 4.79 Å². The van der Waals surface area contributed by atoms with Crippen LogP contribution in [-0.4, -0.2) is 18.5 Å². The summed E-state index contributed by atoms with van der Waals surface area (Å²) in [5, 5.41) is 3.01. The second-order valence-electron chi connectivity index (χ2n) is 6.15. The molecular formula is C13H22N2O. The van der Waals surface area contributed by atoms with Gasteiger partial charge in [0.15, 0.2) is 0 Å². The minimum absolute atomic E-state index is 0.117. The van der Waals surface area contributed by atoms with E-state index in [0.717, 1.165) is 31.2 Å². The Balaban J connectivity index is 1.90. The Kier molecular flexibility index (Phi) is 2.29. The Morgan fingerprint density at radius 2 is 1.94 bits per heavy atom. The van der Waals surface area contributed by atoms with Crippen LogP contribution >= 0.6 is 0 Å². The van der Waals surface area contributed by atoms with E-state index < -0.39 is 0 Å². The van der Waals surface area contributed by atoms with E-state index in [2.05, 4.69) is 5.32 Å². The third kappa shape index (κ3) is 1.27. The first-order chi connectivity index (χ1) is 7.65. The SMILES string of the molecule is CCNC(=O)C12CC3CC(CC(C3)C1N)C2. The van der Waals surface area contributed by atoms with Gasteiger partial charge in [-0.05, 0) is 56.8 Å². The molecule has 3 heteroatoms. The van der Waals surface area contributed by atoms with Gasteiger partial charge in [0.1, 0.15) is 0 Å². The summed E-state index contributed by atoms with van der Waals surface area (Å²) in [6, 6.07) is 0.117. The average Bonchev–Trinajstić information content (AvgIpc) is 2.25. The molecule has 0 radical (unpaired) electrons. The highest BCUT2D eigenvalue weighted by Crippen LogP contribution is 2.59. The van der Waals surface area contributed by atoms with Gasteiger partial charge in [0.2, 0.25) is 5.91 Å². The molecule has 3 N–H and O–H groups in total. The molecule has 4 aliphatic carbocycles. The molecule has 3 nitrogen and oxygen atoms in total. The molecule has 0 saturated heterocycles. The van der Waals surface area contributed by atoms with Gasteiger partial charge in [-0.15, -0.1) is 0 Å². The van der Waals surface area contributed by atoms with Crippen LogP contribution in [0, 0.1) is 23.2 Å². The number of nitrogens with two attached hydrogens (primary N) is 1. The van der Waals surface area contributed by atoms with Crippen molar-refractivity contribution in [2.45, 2.75) is 45.1 Å². The molecule has 16 heavy (non-hydrogen) atoms. The number of carbonyl (C=O) groups is 1. The maximum Gasteiger partial charge on any atom is 0.227 e. The van der Waals surface area contributed by atoms with E-state index in [0.29, 0.717) is 5.92 Å². The Labute approximate surface area is 97.2 Å². The number of amides is 1. The normalized spacial score (nSPS) is 49.4. The molecular weight excluding hydrogens is 200 g/mol. The highest BCUT2D eigenvalue weighted by atomic mass is 16.2. The quantitative estimate of drug-likeness (QED) is 0.739. The molecule has 90 valence electrons. The summed E-state index contributed by atoms with van der Waals surface area (Å²) >= 11 is 0. The summed E-state index contributed by atoms with van der Waals surface area (Å²) < 4.78 is 0. The number of hydrogen-bond acceptors (Lipinski definition) is 2. The van der Waals surface area contributed by atoms with E-state index >= 15 is 0 Å². The topological polar surface area (TPSA) is 55.1 Å². The highest BCUT2D eigenvalue weighted by molar-refractivity contribution is 5.84. The maximum atomic E-state index is 12.3. The van der Waals surface area contributed by atoms with Crippen LogP contribution in [0.5, 0.6) is 0 Å². The molecule has 0 aromatic rings. The maximum absolute atomic E-state index is 12.3. The zero-order valence-electron chi connectivity index (χ0n) is 10.0. The fourth-order valence-corrected chi connectivity index (χ4v) is 4.75. The van der Waals surface area contributed by atoms with Crippen molar-refractivity contribution in [3.63, 3.8) is 0 Å². The van der Waals surface area contributed by atoms with Crippen molar-refractivity contribution in [1.29, 1.82) is 0 Å². The largest absolute Gasteiger partial charge is 0.356 e. The van der Waals surface area contributed by atoms with Gasteiger partial charge in [-0.1, -0.05) is 0 Å². The second kappa shape index (κ2) is 3.46. The third-order valence-corrected chi connectivity index (χ3v) is 5.18. The molecule has 3 unspecified atom stereocenters. The van der Waals surface area contributed by atoms with Crippen LogP contribution in [0.25, 0.3) is 0 Å². The first kappa shape index (κ1) is 10.6. The van der Waals surface area contributed by atoms with Crippen molar-refractivity contribution >= 4 is 5.91 Å². The van der Waals surface area contributed by atoms with Crippen molar-refractivity contribution in [3.8, 4) is 0 Å². The second-order valence-corrected chi connectivity index (χ2v) is 6.15. The van der Waals surface area contributed by atoms with Gasteiger partial charge in [0.05, 0.1) is 5.41 Å². The van der Waals surface area contributed by atoms with Gasteiger partial charge in [-0.3, -0.25) is 4.79 Å². The zero-order valence-corrected chi connectivity index (χ0v) is 10.0. The summed E-state index contributed by atoms with van der Waals surface area (Å²) in [4.78, 5) is 12.3. The molecule has 4 fully saturated rings. The standard InChI is InChI=1S/C13H22N2O/c1-2-15-12(16)13-6-8-3-9(7-13)5-10(4-8)11(13)14/h8-11H,2-7,14H2,1H3,(H,15,16). The van der Waals surface area contributed by atoms with Gasteiger partial charge >= 0.3 is 0 Å². The van der Waals surface area contributed by atoms with Crippen LogP contribution in [0.2, 0.25) is 0 Å². The molecule has 3 atom stereocenters. The van der Waals surface area contributed by atoms with Crippen LogP contribution < -0.4 is 11.1 Å². The number of rotatable bonds is 2. The predicted octanol–water partition coefficient (Wildman–Crippen LogP) is 1.28. The first-order valence-electron chi connectivity index (χ1n) is 6.69. The lowest BCUT2D eigenvalue weighted by Crippen LogP contribution is -2.64. The Morgan fingerprint density at radius 1 is 1.31 bits per heavy atom. The number of hydrogen-bond donors (Lipinski definition) is 2. The number of nitrogens with one attached hydrogen (secondary N) is 1. The summed E-state index contributed by atoms with van der Waals surface area (Å²) in [6.07, 6.45) is 6.00. The molecule has 0 spiro atoms. The lowest BCUT2D eigenvalue weighted by atomic mass is 9.47. The van der Waals surface area contributed by atoms with Crippen molar-refractivity contribution in [3.05, 3.63) is 0 Å². The van der Waals surface area contributed by atoms with Gasteiger partial charge in [-0.25, -0.2) is 0 Å². The van der Waals surface area contributed by atoms with Crippen LogP contribution in [0.4, 0.5) is 0 Å². The smallest absolute Gasteiger partial charge is 0.227 e. The van der Waals surface area contributed by atoms with Gasteiger partial charge in [-0.2, -0.15) is 0 Å². The fraction of sp³-hybridized carbons (Fsp3) is 0.923. The van der Waals surface area contributed by atoms with Crippen LogP contribution in [0.3, 0.4) is 0 Å². The molecule has 4 rings (SSSR count). The lowest BCUT2D eigenvalue weighted by molar-refractivity contribution is -0.149. The summed E-state index contributed by atoms with van der Waals surface area (Å²) in [5.41, 5.74) is 6.17. The highest BCUT2D eigenvalue weighted by Gasteiger charge is 2.59. The minimum atomic E-state index is -0.204. The average molecular weight is 222 g/mol. The third-order valence-electron chi connectivity index (χ3n) is 5.18. The molecule has 0 heterocycles. The fourth-order valence-electron chi connectivity index (χ4n) is 4.75. The number of carbonyl (C=O) groups excluding carboxylic acids is 1. The summed E-state index contributed by atoms with van der Waals surface area (Å²) in [7, 11) is 0. The van der Waals surface area contributed by atoms with Crippen molar-refractivity contribution in [1.82, 2.24) is 5.32 Å². The Morgan fingerprint density at radius 3 is 2.50 bits per heavy atom. The van der Waals surface area contributed by atoms with Crippen LogP contribution in [-0.2, 0) is 4.79 Å². The lowest BCUT2D eigenvalue weighted by Gasteiger charge is -2.59. The van der Waals surface area contributed by atoms with E-state index in [1.807, 2.05) is 6.92 Å². The van der Waals surface area contributed by atoms with Crippen LogP contribution in [0.15, 0.2) is 0 Å². The molecule has 0 aliphatic heterocycles. The zero-order chi connectivity index (χ0) is 11.3. The van der Waals surface area contributed by atoms with E-state index in [1.165, 1.54) is 19.3 Å².